The van der Waals surface area contributed by atoms with Crippen LogP contribution in [0, 0.1) is 0 Å². The van der Waals surface area contributed by atoms with Crippen LogP contribution >= 0.6 is 0 Å². The number of nitrogens with zero attached hydrogens (tertiary/aromatic N) is 1. The zero-order chi connectivity index (χ0) is 17.8. The molecule has 1 N–H and O–H groups in total. The monoisotopic (exact) mass is 344 g/mol. The smallest absolute Gasteiger partial charge is 0.251 e. The number of hydrogen-bond donors (Lipinski definition) is 1. The predicted molar refractivity (Wildman–Crippen MR) is 106 cm³/mol. The van der Waals surface area contributed by atoms with E-state index >= 15 is 0 Å². The number of benzene rings is 3. The predicted octanol–water partition coefficient (Wildman–Crippen LogP) is 4.41. The Morgan fingerprint density at radius 2 is 1.58 bits per heavy atom. The van der Waals surface area contributed by atoms with Gasteiger partial charge in [0.05, 0.1) is 6.04 Å². The number of hydrogen-bond acceptors (Lipinski definition) is 2. The van der Waals surface area contributed by atoms with Crippen molar-refractivity contribution in [3.63, 3.8) is 0 Å². The Morgan fingerprint density at radius 1 is 0.885 bits per heavy atom. The molecule has 1 fully saturated rings. The Hall–Kier alpha value is -2.65. The van der Waals surface area contributed by atoms with E-state index in [1.165, 1.54) is 18.4 Å². The lowest BCUT2D eigenvalue weighted by molar-refractivity contribution is 0.0939. The van der Waals surface area contributed by atoms with Crippen LogP contribution in [0.4, 0.5) is 0 Å². The molecule has 3 heteroatoms. The van der Waals surface area contributed by atoms with E-state index in [4.69, 9.17) is 0 Å². The molecule has 1 unspecified atom stereocenters. The highest BCUT2D eigenvalue weighted by atomic mass is 16.1. The molecule has 1 atom stereocenters. The topological polar surface area (TPSA) is 32.3 Å². The molecule has 26 heavy (non-hydrogen) atoms. The van der Waals surface area contributed by atoms with E-state index in [2.05, 4.69) is 34.5 Å². The van der Waals surface area contributed by atoms with Crippen molar-refractivity contribution >= 4 is 16.7 Å². The normalized spacial score (nSPS) is 15.8. The minimum Gasteiger partial charge on any atom is -0.350 e. The molecule has 0 bridgehead atoms. The first-order valence-corrected chi connectivity index (χ1v) is 9.38. The average molecular weight is 344 g/mol. The molecule has 3 aromatic carbocycles. The number of carbonyl (C=O) groups is 1. The van der Waals surface area contributed by atoms with Gasteiger partial charge in [-0.25, -0.2) is 0 Å². The third kappa shape index (κ3) is 3.49. The third-order valence-corrected chi connectivity index (χ3v) is 5.26. The highest BCUT2D eigenvalue weighted by molar-refractivity contribution is 6.07. The van der Waals surface area contributed by atoms with Gasteiger partial charge in [-0.2, -0.15) is 0 Å². The maximum atomic E-state index is 12.9. The van der Waals surface area contributed by atoms with E-state index in [0.29, 0.717) is 6.54 Å². The summed E-state index contributed by atoms with van der Waals surface area (Å²) >= 11 is 0. The van der Waals surface area contributed by atoms with Crippen LogP contribution in [0.5, 0.6) is 0 Å². The average Bonchev–Trinajstić information content (AvgIpc) is 3.23. The second-order valence-corrected chi connectivity index (χ2v) is 6.91. The van der Waals surface area contributed by atoms with Gasteiger partial charge in [0.1, 0.15) is 0 Å². The SMILES string of the molecule is O=C(NCC(c1ccccc1)N1CCCC1)c1cccc2ccccc12. The van der Waals surface area contributed by atoms with Gasteiger partial charge >= 0.3 is 0 Å². The molecule has 0 aliphatic carbocycles. The fourth-order valence-electron chi connectivity index (χ4n) is 3.89. The van der Waals surface area contributed by atoms with E-state index in [0.717, 1.165) is 29.4 Å². The van der Waals surface area contributed by atoms with Crippen molar-refractivity contribution in [1.29, 1.82) is 0 Å². The Labute approximate surface area is 154 Å². The van der Waals surface area contributed by atoms with Gasteiger partial charge in [-0.3, -0.25) is 9.69 Å². The van der Waals surface area contributed by atoms with Gasteiger partial charge in [0.15, 0.2) is 0 Å². The molecule has 0 radical (unpaired) electrons. The maximum Gasteiger partial charge on any atom is 0.251 e. The van der Waals surface area contributed by atoms with Crippen LogP contribution in [0.25, 0.3) is 10.8 Å². The lowest BCUT2D eigenvalue weighted by Gasteiger charge is -2.28. The largest absolute Gasteiger partial charge is 0.350 e. The fourth-order valence-corrected chi connectivity index (χ4v) is 3.89. The van der Waals surface area contributed by atoms with Crippen LogP contribution in [-0.4, -0.2) is 30.4 Å². The van der Waals surface area contributed by atoms with Crippen LogP contribution in [0.2, 0.25) is 0 Å². The number of carbonyl (C=O) groups excluding carboxylic acids is 1. The quantitative estimate of drug-likeness (QED) is 0.744. The minimum absolute atomic E-state index is 0.00179. The molecule has 1 aliphatic rings. The second kappa shape index (κ2) is 7.71. The first-order valence-electron chi connectivity index (χ1n) is 9.38. The van der Waals surface area contributed by atoms with E-state index in [-0.39, 0.29) is 11.9 Å². The van der Waals surface area contributed by atoms with Gasteiger partial charge in [0.25, 0.3) is 5.91 Å². The van der Waals surface area contributed by atoms with E-state index < -0.39 is 0 Å². The van der Waals surface area contributed by atoms with Crippen molar-refractivity contribution in [2.24, 2.45) is 0 Å². The van der Waals surface area contributed by atoms with Crippen molar-refractivity contribution in [2.75, 3.05) is 19.6 Å². The highest BCUT2D eigenvalue weighted by Gasteiger charge is 2.24. The molecule has 1 aliphatic heterocycles. The van der Waals surface area contributed by atoms with E-state index in [1.54, 1.807) is 0 Å². The first-order chi connectivity index (χ1) is 12.8. The Balaban J connectivity index is 1.54. The van der Waals surface area contributed by atoms with Gasteiger partial charge in [-0.15, -0.1) is 0 Å². The standard InChI is InChI=1S/C23H24N2O/c26-23(21-14-8-12-18-9-4-5-13-20(18)21)24-17-22(25-15-6-7-16-25)19-10-2-1-3-11-19/h1-5,8-14,22H,6-7,15-17H2,(H,24,26). The van der Waals surface area contributed by atoms with Gasteiger partial charge in [-0.05, 0) is 48.3 Å². The summed E-state index contributed by atoms with van der Waals surface area (Å²) in [6, 6.07) is 24.7. The number of fused-ring (bicyclic) bond motifs is 1. The van der Waals surface area contributed by atoms with Crippen LogP contribution in [0.3, 0.4) is 0 Å². The molecule has 3 nitrogen and oxygen atoms in total. The van der Waals surface area contributed by atoms with Crippen molar-refractivity contribution in [3.05, 3.63) is 83.9 Å². The zero-order valence-corrected chi connectivity index (χ0v) is 14.9. The summed E-state index contributed by atoms with van der Waals surface area (Å²) in [5, 5.41) is 5.29. The molecular weight excluding hydrogens is 320 g/mol. The summed E-state index contributed by atoms with van der Waals surface area (Å²) in [6.45, 7) is 2.83. The molecule has 0 spiro atoms. The molecule has 132 valence electrons. The van der Waals surface area contributed by atoms with E-state index in [9.17, 15) is 4.79 Å². The summed E-state index contributed by atoms with van der Waals surface area (Å²) in [5.41, 5.74) is 2.02. The fraction of sp³-hybridized carbons (Fsp3) is 0.261. The number of rotatable bonds is 5. The lowest BCUT2D eigenvalue weighted by Crippen LogP contribution is -2.36. The van der Waals surface area contributed by atoms with Crippen molar-refractivity contribution in [3.8, 4) is 0 Å². The maximum absolute atomic E-state index is 12.9. The second-order valence-electron chi connectivity index (χ2n) is 6.91. The summed E-state index contributed by atoms with van der Waals surface area (Å²) < 4.78 is 0. The number of amides is 1. The number of likely N-dealkylation sites (tertiary alicyclic amines) is 1. The van der Waals surface area contributed by atoms with Crippen LogP contribution in [-0.2, 0) is 0 Å². The van der Waals surface area contributed by atoms with E-state index in [1.807, 2.05) is 48.5 Å². The van der Waals surface area contributed by atoms with Gasteiger partial charge in [0.2, 0.25) is 0 Å². The highest BCUT2D eigenvalue weighted by Crippen LogP contribution is 2.25. The summed E-state index contributed by atoms with van der Waals surface area (Å²) in [5.74, 6) is 0.00179. The molecular formula is C23H24N2O. The first kappa shape index (κ1) is 16.8. The van der Waals surface area contributed by atoms with Crippen LogP contribution in [0.15, 0.2) is 72.8 Å². The molecule has 1 heterocycles. The molecule has 0 saturated carbocycles. The summed E-state index contributed by atoms with van der Waals surface area (Å²) in [7, 11) is 0. The Morgan fingerprint density at radius 3 is 2.38 bits per heavy atom. The summed E-state index contributed by atoms with van der Waals surface area (Å²) in [6.07, 6.45) is 2.47. The molecule has 1 saturated heterocycles. The number of nitrogens with one attached hydrogen (secondary N) is 1. The summed E-state index contributed by atoms with van der Waals surface area (Å²) in [4.78, 5) is 15.4. The Kier molecular flexibility index (Phi) is 4.98. The zero-order valence-electron chi connectivity index (χ0n) is 14.9. The Bertz CT molecular complexity index is 880. The van der Waals surface area contributed by atoms with Crippen LogP contribution < -0.4 is 5.32 Å². The van der Waals surface area contributed by atoms with Gasteiger partial charge in [-0.1, -0.05) is 66.7 Å². The van der Waals surface area contributed by atoms with Crippen molar-refractivity contribution in [2.45, 2.75) is 18.9 Å². The van der Waals surface area contributed by atoms with Crippen molar-refractivity contribution in [1.82, 2.24) is 10.2 Å². The van der Waals surface area contributed by atoms with Crippen LogP contribution in [0.1, 0.15) is 34.8 Å². The molecule has 4 rings (SSSR count). The lowest BCUT2D eigenvalue weighted by atomic mass is 10.0. The minimum atomic E-state index is 0.00179. The van der Waals surface area contributed by atoms with Gasteiger partial charge in [0, 0.05) is 12.1 Å². The molecule has 1 amide bonds. The third-order valence-electron chi connectivity index (χ3n) is 5.26. The van der Waals surface area contributed by atoms with Crippen molar-refractivity contribution < 1.29 is 4.79 Å². The molecule has 0 aromatic heterocycles. The molecule has 3 aromatic rings. The van der Waals surface area contributed by atoms with Gasteiger partial charge < -0.3 is 5.32 Å².